The number of benzene rings is 1. The molecule has 1 N–H and O–H groups in total. The monoisotopic (exact) mass is 386 g/mol. The SMILES string of the molecule is CCNC(=NCc1ccc(COC)cc1)N1CCN(C(C)C(F)(F)F)CC1. The number of hydrogen-bond acceptors (Lipinski definition) is 3. The van der Waals surface area contributed by atoms with Gasteiger partial charge in [-0.05, 0) is 25.0 Å². The summed E-state index contributed by atoms with van der Waals surface area (Å²) in [4.78, 5) is 8.17. The van der Waals surface area contributed by atoms with Gasteiger partial charge in [0, 0.05) is 39.8 Å². The summed E-state index contributed by atoms with van der Waals surface area (Å²) in [6, 6.07) is 6.65. The average molecular weight is 386 g/mol. The van der Waals surface area contributed by atoms with Crippen LogP contribution in [0.3, 0.4) is 0 Å². The quantitative estimate of drug-likeness (QED) is 0.603. The maximum atomic E-state index is 12.9. The van der Waals surface area contributed by atoms with E-state index in [0.29, 0.717) is 45.9 Å². The van der Waals surface area contributed by atoms with Crippen LogP contribution in [-0.2, 0) is 17.9 Å². The summed E-state index contributed by atoms with van der Waals surface area (Å²) in [5, 5.41) is 3.24. The molecule has 0 radical (unpaired) electrons. The first kappa shape index (κ1) is 21.5. The third-order valence-corrected chi connectivity index (χ3v) is 4.72. The van der Waals surface area contributed by atoms with Crippen LogP contribution in [-0.4, -0.2) is 67.8 Å². The summed E-state index contributed by atoms with van der Waals surface area (Å²) in [6.07, 6.45) is -4.18. The number of hydrogen-bond donors (Lipinski definition) is 1. The van der Waals surface area contributed by atoms with E-state index in [9.17, 15) is 13.2 Å². The maximum absolute atomic E-state index is 12.9. The highest BCUT2D eigenvalue weighted by atomic mass is 19.4. The summed E-state index contributed by atoms with van der Waals surface area (Å²) >= 11 is 0. The topological polar surface area (TPSA) is 40.1 Å². The number of ether oxygens (including phenoxy) is 1. The molecule has 1 unspecified atom stereocenters. The molecule has 1 heterocycles. The molecule has 2 rings (SSSR count). The summed E-state index contributed by atoms with van der Waals surface area (Å²) < 4.78 is 43.8. The van der Waals surface area contributed by atoms with Crippen LogP contribution in [0.4, 0.5) is 13.2 Å². The number of nitrogens with zero attached hydrogens (tertiary/aromatic N) is 3. The summed E-state index contributed by atoms with van der Waals surface area (Å²) in [6.45, 7) is 6.82. The van der Waals surface area contributed by atoms with E-state index in [1.54, 1.807) is 7.11 Å². The number of rotatable bonds is 6. The van der Waals surface area contributed by atoms with Gasteiger partial charge in [0.15, 0.2) is 5.96 Å². The second kappa shape index (κ2) is 9.94. The van der Waals surface area contributed by atoms with Crippen molar-refractivity contribution < 1.29 is 17.9 Å². The lowest BCUT2D eigenvalue weighted by Crippen LogP contribution is -2.56. The van der Waals surface area contributed by atoms with Gasteiger partial charge >= 0.3 is 6.18 Å². The molecule has 1 aromatic rings. The molecule has 1 aromatic carbocycles. The Labute approximate surface area is 159 Å². The Bertz CT molecular complexity index is 596. The zero-order valence-corrected chi connectivity index (χ0v) is 16.2. The molecule has 1 fully saturated rings. The highest BCUT2D eigenvalue weighted by Crippen LogP contribution is 2.25. The third kappa shape index (κ3) is 6.39. The molecule has 0 aromatic heterocycles. The van der Waals surface area contributed by atoms with E-state index < -0.39 is 12.2 Å². The molecule has 1 saturated heterocycles. The molecule has 1 atom stereocenters. The van der Waals surface area contributed by atoms with Crippen molar-refractivity contribution in [2.45, 2.75) is 39.2 Å². The molecule has 0 spiro atoms. The van der Waals surface area contributed by atoms with Gasteiger partial charge in [0.2, 0.25) is 0 Å². The lowest BCUT2D eigenvalue weighted by Gasteiger charge is -2.39. The van der Waals surface area contributed by atoms with Crippen molar-refractivity contribution in [3.63, 3.8) is 0 Å². The Morgan fingerprint density at radius 2 is 1.74 bits per heavy atom. The highest BCUT2D eigenvalue weighted by molar-refractivity contribution is 5.80. The average Bonchev–Trinajstić information content (AvgIpc) is 2.65. The van der Waals surface area contributed by atoms with Gasteiger partial charge in [-0.2, -0.15) is 13.2 Å². The number of alkyl halides is 3. The standard InChI is InChI=1S/C19H29F3N4O/c1-4-23-18(24-13-16-5-7-17(8-6-16)14-27-3)26-11-9-25(10-12-26)15(2)19(20,21)22/h5-8,15H,4,9-14H2,1-3H3,(H,23,24). The van der Waals surface area contributed by atoms with Gasteiger partial charge in [-0.15, -0.1) is 0 Å². The van der Waals surface area contributed by atoms with Crippen molar-refractivity contribution >= 4 is 5.96 Å². The molecule has 0 bridgehead atoms. The fourth-order valence-corrected chi connectivity index (χ4v) is 3.03. The minimum atomic E-state index is -4.18. The summed E-state index contributed by atoms with van der Waals surface area (Å²) in [5.41, 5.74) is 2.18. The first-order valence-corrected chi connectivity index (χ1v) is 9.26. The van der Waals surface area contributed by atoms with Crippen LogP contribution in [0.1, 0.15) is 25.0 Å². The Hall–Kier alpha value is -1.80. The van der Waals surface area contributed by atoms with Gasteiger partial charge in [-0.3, -0.25) is 4.90 Å². The number of aliphatic imine (C=N–C) groups is 1. The highest BCUT2D eigenvalue weighted by Gasteiger charge is 2.41. The Kier molecular flexibility index (Phi) is 7.91. The normalized spacial score (nSPS) is 17.9. The van der Waals surface area contributed by atoms with Gasteiger partial charge in [-0.25, -0.2) is 4.99 Å². The molecule has 152 valence electrons. The fourth-order valence-electron chi connectivity index (χ4n) is 3.03. The number of methoxy groups -OCH3 is 1. The summed E-state index contributed by atoms with van der Waals surface area (Å²) in [7, 11) is 1.66. The zero-order valence-electron chi connectivity index (χ0n) is 16.2. The molecular weight excluding hydrogens is 357 g/mol. The lowest BCUT2D eigenvalue weighted by atomic mass is 10.1. The lowest BCUT2D eigenvalue weighted by molar-refractivity contribution is -0.181. The van der Waals surface area contributed by atoms with Gasteiger partial charge in [-0.1, -0.05) is 24.3 Å². The van der Waals surface area contributed by atoms with Crippen molar-refractivity contribution in [1.82, 2.24) is 15.1 Å². The third-order valence-electron chi connectivity index (χ3n) is 4.72. The number of nitrogens with one attached hydrogen (secondary N) is 1. The second-order valence-corrected chi connectivity index (χ2v) is 6.66. The first-order chi connectivity index (χ1) is 12.8. The molecule has 8 heteroatoms. The molecule has 27 heavy (non-hydrogen) atoms. The van der Waals surface area contributed by atoms with Crippen LogP contribution in [0.25, 0.3) is 0 Å². The molecule has 1 aliphatic heterocycles. The van der Waals surface area contributed by atoms with Crippen molar-refractivity contribution in [3.05, 3.63) is 35.4 Å². The minimum absolute atomic E-state index is 0.372. The Morgan fingerprint density at radius 3 is 2.26 bits per heavy atom. The van der Waals surface area contributed by atoms with E-state index in [0.717, 1.165) is 17.1 Å². The molecule has 1 aliphatic rings. The van der Waals surface area contributed by atoms with Crippen LogP contribution in [0.5, 0.6) is 0 Å². The van der Waals surface area contributed by atoms with Gasteiger partial charge < -0.3 is 15.0 Å². The molecule has 0 saturated carbocycles. The Morgan fingerprint density at radius 1 is 1.15 bits per heavy atom. The summed E-state index contributed by atoms with van der Waals surface area (Å²) in [5.74, 6) is 0.748. The van der Waals surface area contributed by atoms with Crippen LogP contribution in [0, 0.1) is 0 Å². The number of guanidine groups is 1. The van der Waals surface area contributed by atoms with E-state index in [1.807, 2.05) is 36.1 Å². The van der Waals surface area contributed by atoms with Crippen molar-refractivity contribution in [3.8, 4) is 0 Å². The second-order valence-electron chi connectivity index (χ2n) is 6.66. The van der Waals surface area contributed by atoms with E-state index >= 15 is 0 Å². The predicted octanol–water partition coefficient (Wildman–Crippen LogP) is 2.87. The first-order valence-electron chi connectivity index (χ1n) is 9.26. The van der Waals surface area contributed by atoms with Gasteiger partial charge in [0.25, 0.3) is 0 Å². The number of piperazine rings is 1. The van der Waals surface area contributed by atoms with Gasteiger partial charge in [0.05, 0.1) is 13.2 Å². The van der Waals surface area contributed by atoms with E-state index in [1.165, 1.54) is 11.8 Å². The van der Waals surface area contributed by atoms with Crippen molar-refractivity contribution in [2.24, 2.45) is 4.99 Å². The van der Waals surface area contributed by atoms with Crippen LogP contribution in [0.15, 0.2) is 29.3 Å². The maximum Gasteiger partial charge on any atom is 0.403 e. The van der Waals surface area contributed by atoms with Crippen molar-refractivity contribution in [2.75, 3.05) is 39.8 Å². The van der Waals surface area contributed by atoms with Crippen LogP contribution in [0.2, 0.25) is 0 Å². The van der Waals surface area contributed by atoms with Crippen LogP contribution < -0.4 is 5.32 Å². The molecule has 5 nitrogen and oxygen atoms in total. The Balaban J connectivity index is 1.95. The molecule has 0 aliphatic carbocycles. The fraction of sp³-hybridized carbons (Fsp3) is 0.632. The predicted molar refractivity (Wildman–Crippen MR) is 101 cm³/mol. The smallest absolute Gasteiger partial charge is 0.380 e. The van der Waals surface area contributed by atoms with E-state index in [4.69, 9.17) is 4.74 Å². The van der Waals surface area contributed by atoms with E-state index in [-0.39, 0.29) is 0 Å². The largest absolute Gasteiger partial charge is 0.403 e. The van der Waals surface area contributed by atoms with Gasteiger partial charge in [0.1, 0.15) is 6.04 Å². The molecular formula is C19H29F3N4O. The van der Waals surface area contributed by atoms with E-state index in [2.05, 4.69) is 10.3 Å². The number of halogens is 3. The minimum Gasteiger partial charge on any atom is -0.380 e. The molecule has 0 amide bonds. The van der Waals surface area contributed by atoms with Crippen molar-refractivity contribution in [1.29, 1.82) is 0 Å². The van der Waals surface area contributed by atoms with Crippen LogP contribution >= 0.6 is 0 Å². The zero-order chi connectivity index (χ0) is 19.9.